The molecule has 0 spiro atoms. The number of hydrogen-bond acceptors (Lipinski definition) is 4. The van der Waals surface area contributed by atoms with Crippen molar-refractivity contribution < 1.29 is 5.11 Å². The van der Waals surface area contributed by atoms with Crippen LogP contribution in [-0.2, 0) is 6.54 Å². The normalized spacial score (nSPS) is 11.8. The van der Waals surface area contributed by atoms with Gasteiger partial charge < -0.3 is 10.4 Å². The Balaban J connectivity index is 2.57. The van der Waals surface area contributed by atoms with Gasteiger partial charge in [-0.05, 0) is 38.2 Å². The predicted octanol–water partition coefficient (Wildman–Crippen LogP) is 3.11. The number of nitrogens with zero attached hydrogens (tertiary/aromatic N) is 1. The Morgan fingerprint density at radius 2 is 2.00 bits per heavy atom. The van der Waals surface area contributed by atoms with E-state index in [0.717, 1.165) is 30.8 Å². The van der Waals surface area contributed by atoms with Gasteiger partial charge in [0.1, 0.15) is 5.75 Å². The molecule has 3 nitrogen and oxygen atoms in total. The zero-order valence-electron chi connectivity index (χ0n) is 11.8. The van der Waals surface area contributed by atoms with Crippen LogP contribution in [0.1, 0.15) is 38.1 Å². The van der Waals surface area contributed by atoms with Crippen molar-refractivity contribution in [2.45, 2.75) is 44.9 Å². The van der Waals surface area contributed by atoms with Crippen LogP contribution in [0.2, 0.25) is 0 Å². The summed E-state index contributed by atoms with van der Waals surface area (Å²) < 4.78 is 0.291. The van der Waals surface area contributed by atoms with Crippen molar-refractivity contribution in [2.24, 2.45) is 0 Å². The fourth-order valence-corrected chi connectivity index (χ4v) is 2.83. The molecule has 1 rings (SSSR count). The van der Waals surface area contributed by atoms with Gasteiger partial charge >= 0.3 is 0 Å². The molecule has 0 fully saturated rings. The molecule has 0 saturated heterocycles. The summed E-state index contributed by atoms with van der Waals surface area (Å²) in [5.41, 5.74) is 1.67. The van der Waals surface area contributed by atoms with Crippen LogP contribution in [0, 0.1) is 6.92 Å². The fraction of sp³-hybridized carbons (Fsp3) is 0.643. The first-order valence-electron chi connectivity index (χ1n) is 6.48. The molecule has 0 saturated carbocycles. The van der Waals surface area contributed by atoms with Gasteiger partial charge in [-0.2, -0.15) is 11.8 Å². The second-order valence-electron chi connectivity index (χ2n) is 4.62. The molecule has 0 atom stereocenters. The highest BCUT2D eigenvalue weighted by atomic mass is 32.2. The molecule has 0 radical (unpaired) electrons. The second-order valence-corrected chi connectivity index (χ2v) is 5.89. The van der Waals surface area contributed by atoms with Gasteiger partial charge in [-0.15, -0.1) is 0 Å². The third-order valence-corrected chi connectivity index (χ3v) is 5.14. The lowest BCUT2D eigenvalue weighted by atomic mass is 10.0. The minimum absolute atomic E-state index is 0.274. The Morgan fingerprint density at radius 3 is 2.56 bits per heavy atom. The summed E-state index contributed by atoms with van der Waals surface area (Å²) in [6.07, 6.45) is 4.45. The summed E-state index contributed by atoms with van der Waals surface area (Å²) in [5, 5.41) is 13.1. The maximum absolute atomic E-state index is 9.73. The van der Waals surface area contributed by atoms with Crippen LogP contribution in [0.4, 0.5) is 0 Å². The lowest BCUT2D eigenvalue weighted by Crippen LogP contribution is -2.36. The molecular formula is C14H24N2OS. The number of hydrogen-bond donors (Lipinski definition) is 2. The second kappa shape index (κ2) is 7.00. The molecule has 1 aromatic heterocycles. The van der Waals surface area contributed by atoms with E-state index in [1.54, 1.807) is 6.07 Å². The quantitative estimate of drug-likeness (QED) is 0.797. The topological polar surface area (TPSA) is 45.2 Å². The van der Waals surface area contributed by atoms with Gasteiger partial charge in [0.25, 0.3) is 0 Å². The molecule has 0 bridgehead atoms. The Hall–Kier alpha value is -0.740. The number of rotatable bonds is 7. The number of aromatic nitrogens is 1. The summed E-state index contributed by atoms with van der Waals surface area (Å²) in [4.78, 5) is 4.35. The van der Waals surface area contributed by atoms with Crippen molar-refractivity contribution in [3.8, 4) is 5.75 Å². The standard InChI is InChI=1S/C14H24N2OS/c1-5-14(6-2,18-4)10-15-9-12-13(17)8-7-11(3)16-12/h7-8,15,17H,5-6,9-10H2,1-4H3. The Bertz CT molecular complexity index is 370. The van der Waals surface area contributed by atoms with Crippen molar-refractivity contribution in [1.82, 2.24) is 10.3 Å². The van der Waals surface area contributed by atoms with Gasteiger partial charge in [0.15, 0.2) is 0 Å². The van der Waals surface area contributed by atoms with Gasteiger partial charge in [0, 0.05) is 23.5 Å². The molecule has 0 aliphatic rings. The number of aromatic hydroxyl groups is 1. The first kappa shape index (κ1) is 15.3. The van der Waals surface area contributed by atoms with Gasteiger partial charge in [0.2, 0.25) is 0 Å². The molecule has 0 amide bonds. The van der Waals surface area contributed by atoms with Crippen LogP contribution in [0.3, 0.4) is 0 Å². The predicted molar refractivity (Wildman–Crippen MR) is 79.2 cm³/mol. The van der Waals surface area contributed by atoms with E-state index >= 15 is 0 Å². The van der Waals surface area contributed by atoms with E-state index in [0.29, 0.717) is 11.3 Å². The van der Waals surface area contributed by atoms with E-state index in [2.05, 4.69) is 30.4 Å². The average Bonchev–Trinajstić information content (AvgIpc) is 2.39. The summed E-state index contributed by atoms with van der Waals surface area (Å²) in [5.74, 6) is 0.274. The highest BCUT2D eigenvalue weighted by Crippen LogP contribution is 2.29. The zero-order chi connectivity index (χ0) is 13.6. The van der Waals surface area contributed by atoms with Crippen LogP contribution in [0.15, 0.2) is 12.1 Å². The molecule has 0 aliphatic heterocycles. The number of thioether (sulfide) groups is 1. The van der Waals surface area contributed by atoms with Gasteiger partial charge in [-0.3, -0.25) is 4.98 Å². The summed E-state index contributed by atoms with van der Waals surface area (Å²) in [6.45, 7) is 7.95. The van der Waals surface area contributed by atoms with Crippen molar-refractivity contribution in [3.63, 3.8) is 0 Å². The van der Waals surface area contributed by atoms with Crippen molar-refractivity contribution in [3.05, 3.63) is 23.5 Å². The lowest BCUT2D eigenvalue weighted by Gasteiger charge is -2.30. The maximum atomic E-state index is 9.73. The van der Waals surface area contributed by atoms with Crippen LogP contribution in [0.25, 0.3) is 0 Å². The van der Waals surface area contributed by atoms with Crippen molar-refractivity contribution in [2.75, 3.05) is 12.8 Å². The zero-order valence-corrected chi connectivity index (χ0v) is 12.6. The average molecular weight is 268 g/mol. The highest BCUT2D eigenvalue weighted by molar-refractivity contribution is 8.00. The van der Waals surface area contributed by atoms with Crippen LogP contribution in [0.5, 0.6) is 5.75 Å². The fourth-order valence-electron chi connectivity index (χ4n) is 2.00. The number of nitrogens with one attached hydrogen (secondary N) is 1. The summed E-state index contributed by atoms with van der Waals surface area (Å²) in [7, 11) is 0. The third kappa shape index (κ3) is 3.89. The summed E-state index contributed by atoms with van der Waals surface area (Å²) >= 11 is 1.91. The molecular weight excluding hydrogens is 244 g/mol. The van der Waals surface area contributed by atoms with Crippen molar-refractivity contribution in [1.29, 1.82) is 0 Å². The summed E-state index contributed by atoms with van der Waals surface area (Å²) in [6, 6.07) is 3.53. The van der Waals surface area contributed by atoms with E-state index in [-0.39, 0.29) is 5.75 Å². The molecule has 1 heterocycles. The van der Waals surface area contributed by atoms with Gasteiger partial charge in [0.05, 0.1) is 5.69 Å². The smallest absolute Gasteiger partial charge is 0.138 e. The Morgan fingerprint density at radius 1 is 1.33 bits per heavy atom. The minimum atomic E-state index is 0.274. The molecule has 4 heteroatoms. The Kier molecular flexibility index (Phi) is 5.96. The highest BCUT2D eigenvalue weighted by Gasteiger charge is 2.24. The lowest BCUT2D eigenvalue weighted by molar-refractivity contribution is 0.450. The van der Waals surface area contributed by atoms with Crippen LogP contribution >= 0.6 is 11.8 Å². The monoisotopic (exact) mass is 268 g/mol. The van der Waals surface area contributed by atoms with E-state index in [4.69, 9.17) is 0 Å². The molecule has 0 aliphatic carbocycles. The SMILES string of the molecule is CCC(CC)(CNCc1nc(C)ccc1O)SC. The Labute approximate surface area is 114 Å². The molecule has 102 valence electrons. The third-order valence-electron chi connectivity index (χ3n) is 3.55. The first-order valence-corrected chi connectivity index (χ1v) is 7.70. The van der Waals surface area contributed by atoms with Gasteiger partial charge in [-0.1, -0.05) is 13.8 Å². The number of pyridine rings is 1. The molecule has 0 aromatic carbocycles. The van der Waals surface area contributed by atoms with Crippen LogP contribution in [-0.4, -0.2) is 27.6 Å². The first-order chi connectivity index (χ1) is 8.56. The number of aryl methyl sites for hydroxylation is 1. The van der Waals surface area contributed by atoms with E-state index < -0.39 is 0 Å². The van der Waals surface area contributed by atoms with Crippen molar-refractivity contribution >= 4 is 11.8 Å². The van der Waals surface area contributed by atoms with Crippen LogP contribution < -0.4 is 5.32 Å². The molecule has 18 heavy (non-hydrogen) atoms. The molecule has 2 N–H and O–H groups in total. The van der Waals surface area contributed by atoms with E-state index in [9.17, 15) is 5.11 Å². The molecule has 0 unspecified atom stereocenters. The molecule has 1 aromatic rings. The maximum Gasteiger partial charge on any atom is 0.138 e. The minimum Gasteiger partial charge on any atom is -0.506 e. The van der Waals surface area contributed by atoms with Gasteiger partial charge in [-0.25, -0.2) is 0 Å². The van der Waals surface area contributed by atoms with E-state index in [1.165, 1.54) is 0 Å². The van der Waals surface area contributed by atoms with E-state index in [1.807, 2.05) is 24.8 Å². The largest absolute Gasteiger partial charge is 0.506 e.